The number of non-ortho nitro benzene ring substituents is 1. The minimum Gasteiger partial charge on any atom is -0.381 e. The number of rotatable bonds is 7. The first-order chi connectivity index (χ1) is 12.2. The molecule has 0 bridgehead atoms. The van der Waals surface area contributed by atoms with Gasteiger partial charge in [-0.1, -0.05) is 24.3 Å². The van der Waals surface area contributed by atoms with Crippen molar-refractivity contribution in [1.82, 2.24) is 0 Å². The van der Waals surface area contributed by atoms with Crippen LogP contribution in [0.15, 0.2) is 48.5 Å². The highest BCUT2D eigenvalue weighted by Crippen LogP contribution is 2.17. The Hall–Kier alpha value is -2.44. The number of hydrogen-bond acceptors (Lipinski definition) is 5. The van der Waals surface area contributed by atoms with E-state index in [2.05, 4.69) is 23.5 Å². The van der Waals surface area contributed by atoms with Gasteiger partial charge in [0.15, 0.2) is 0 Å². The SMILES string of the molecule is O=[N+]([O-])c1ccc(NCc2cccc(COC3CCOCC3)c2)cc1. The molecule has 0 amide bonds. The van der Waals surface area contributed by atoms with E-state index < -0.39 is 4.92 Å². The summed E-state index contributed by atoms with van der Waals surface area (Å²) in [5, 5.41) is 14.0. The predicted molar refractivity (Wildman–Crippen MR) is 95.5 cm³/mol. The summed E-state index contributed by atoms with van der Waals surface area (Å²) in [6.07, 6.45) is 2.21. The van der Waals surface area contributed by atoms with Crippen LogP contribution < -0.4 is 5.32 Å². The van der Waals surface area contributed by atoms with E-state index in [0.29, 0.717) is 13.2 Å². The highest BCUT2D eigenvalue weighted by atomic mass is 16.6. The molecule has 1 saturated heterocycles. The maximum atomic E-state index is 10.7. The van der Waals surface area contributed by atoms with Gasteiger partial charge >= 0.3 is 0 Å². The number of benzene rings is 2. The van der Waals surface area contributed by atoms with Crippen LogP contribution in [0.4, 0.5) is 11.4 Å². The van der Waals surface area contributed by atoms with Crippen molar-refractivity contribution in [3.05, 3.63) is 69.8 Å². The van der Waals surface area contributed by atoms with E-state index in [1.54, 1.807) is 12.1 Å². The Morgan fingerprint density at radius 1 is 1.12 bits per heavy atom. The molecule has 0 spiro atoms. The summed E-state index contributed by atoms with van der Waals surface area (Å²) in [6, 6.07) is 14.7. The third-order valence-electron chi connectivity index (χ3n) is 4.22. The first kappa shape index (κ1) is 17.4. The Kier molecular flexibility index (Phi) is 5.98. The maximum absolute atomic E-state index is 10.7. The highest BCUT2D eigenvalue weighted by Gasteiger charge is 2.14. The quantitative estimate of drug-likeness (QED) is 0.610. The summed E-state index contributed by atoms with van der Waals surface area (Å²) in [7, 11) is 0. The molecular formula is C19H22N2O4. The van der Waals surface area contributed by atoms with Crippen LogP contribution in [-0.4, -0.2) is 24.2 Å². The largest absolute Gasteiger partial charge is 0.381 e. The normalized spacial score (nSPS) is 15.0. The minimum atomic E-state index is -0.397. The zero-order chi connectivity index (χ0) is 17.5. The Balaban J connectivity index is 1.51. The molecule has 0 saturated carbocycles. The van der Waals surface area contributed by atoms with Crippen LogP contribution in [0.2, 0.25) is 0 Å². The van der Waals surface area contributed by atoms with Crippen LogP contribution in [0.1, 0.15) is 24.0 Å². The van der Waals surface area contributed by atoms with Gasteiger partial charge in [0.25, 0.3) is 5.69 Å². The summed E-state index contributed by atoms with van der Waals surface area (Å²) < 4.78 is 11.3. The van der Waals surface area contributed by atoms with Crippen LogP contribution in [0.25, 0.3) is 0 Å². The molecule has 2 aromatic carbocycles. The standard InChI is InChI=1S/C19H22N2O4/c22-21(23)18-6-4-17(5-7-18)20-13-15-2-1-3-16(12-15)14-25-19-8-10-24-11-9-19/h1-7,12,19-20H,8-11,13-14H2. The van der Waals surface area contributed by atoms with Gasteiger partial charge in [-0.15, -0.1) is 0 Å². The fourth-order valence-corrected chi connectivity index (χ4v) is 2.79. The molecule has 1 aliphatic rings. The number of nitro groups is 1. The van der Waals surface area contributed by atoms with Gasteiger partial charge in [0.1, 0.15) is 0 Å². The number of nitrogens with one attached hydrogen (secondary N) is 1. The van der Waals surface area contributed by atoms with Gasteiger partial charge in [-0.05, 0) is 36.1 Å². The molecule has 0 unspecified atom stereocenters. The smallest absolute Gasteiger partial charge is 0.269 e. The molecule has 25 heavy (non-hydrogen) atoms. The first-order valence-electron chi connectivity index (χ1n) is 8.46. The third-order valence-corrected chi connectivity index (χ3v) is 4.22. The summed E-state index contributed by atoms with van der Waals surface area (Å²) >= 11 is 0. The second-order valence-corrected chi connectivity index (χ2v) is 6.10. The lowest BCUT2D eigenvalue weighted by atomic mass is 10.1. The number of hydrogen-bond donors (Lipinski definition) is 1. The van der Waals surface area contributed by atoms with Crippen molar-refractivity contribution >= 4 is 11.4 Å². The zero-order valence-electron chi connectivity index (χ0n) is 14.0. The van der Waals surface area contributed by atoms with E-state index in [1.807, 2.05) is 6.07 Å². The molecule has 0 aromatic heterocycles. The van der Waals surface area contributed by atoms with E-state index in [-0.39, 0.29) is 11.8 Å². The molecule has 0 aliphatic carbocycles. The van der Waals surface area contributed by atoms with Gasteiger partial charge in [0.05, 0.1) is 17.6 Å². The fourth-order valence-electron chi connectivity index (χ4n) is 2.79. The van der Waals surface area contributed by atoms with E-state index in [9.17, 15) is 10.1 Å². The molecule has 3 rings (SSSR count). The average molecular weight is 342 g/mol. The molecular weight excluding hydrogens is 320 g/mol. The number of nitro benzene ring substituents is 1. The van der Waals surface area contributed by atoms with Crippen LogP contribution in [0.3, 0.4) is 0 Å². The summed E-state index contributed by atoms with van der Waals surface area (Å²) in [4.78, 5) is 10.3. The second-order valence-electron chi connectivity index (χ2n) is 6.10. The van der Waals surface area contributed by atoms with Gasteiger partial charge in [0, 0.05) is 37.6 Å². The van der Waals surface area contributed by atoms with Crippen molar-refractivity contribution in [3.63, 3.8) is 0 Å². The molecule has 2 aromatic rings. The lowest BCUT2D eigenvalue weighted by Crippen LogP contribution is -2.23. The van der Waals surface area contributed by atoms with Crippen LogP contribution in [0.5, 0.6) is 0 Å². The monoisotopic (exact) mass is 342 g/mol. The van der Waals surface area contributed by atoms with Crippen molar-refractivity contribution in [3.8, 4) is 0 Å². The van der Waals surface area contributed by atoms with Crippen molar-refractivity contribution in [1.29, 1.82) is 0 Å². The predicted octanol–water partition coefficient (Wildman–Crippen LogP) is 3.90. The molecule has 1 fully saturated rings. The minimum absolute atomic E-state index is 0.0952. The second kappa shape index (κ2) is 8.60. The lowest BCUT2D eigenvalue weighted by molar-refractivity contribution is -0.384. The Bertz CT molecular complexity index is 697. The van der Waals surface area contributed by atoms with Crippen LogP contribution in [-0.2, 0) is 22.6 Å². The summed E-state index contributed by atoms with van der Waals surface area (Å²) in [5.74, 6) is 0. The number of ether oxygens (including phenoxy) is 2. The van der Waals surface area contributed by atoms with Crippen molar-refractivity contribution < 1.29 is 14.4 Å². The number of anilines is 1. The van der Waals surface area contributed by atoms with Crippen LogP contribution >= 0.6 is 0 Å². The Labute approximate surface area is 146 Å². The van der Waals surface area contributed by atoms with E-state index in [4.69, 9.17) is 9.47 Å². The van der Waals surface area contributed by atoms with E-state index in [0.717, 1.165) is 42.9 Å². The van der Waals surface area contributed by atoms with Gasteiger partial charge in [-0.3, -0.25) is 10.1 Å². The highest BCUT2D eigenvalue weighted by molar-refractivity contribution is 5.48. The van der Waals surface area contributed by atoms with Gasteiger partial charge < -0.3 is 14.8 Å². The third kappa shape index (κ3) is 5.27. The van der Waals surface area contributed by atoms with Crippen molar-refractivity contribution in [2.24, 2.45) is 0 Å². The van der Waals surface area contributed by atoms with E-state index in [1.165, 1.54) is 12.1 Å². The molecule has 1 N–H and O–H groups in total. The maximum Gasteiger partial charge on any atom is 0.269 e. The molecule has 132 valence electrons. The van der Waals surface area contributed by atoms with E-state index >= 15 is 0 Å². The number of nitrogens with zero attached hydrogens (tertiary/aromatic N) is 1. The molecule has 6 heteroatoms. The fraction of sp³-hybridized carbons (Fsp3) is 0.368. The van der Waals surface area contributed by atoms with Gasteiger partial charge in [-0.2, -0.15) is 0 Å². The van der Waals surface area contributed by atoms with Gasteiger partial charge in [0.2, 0.25) is 0 Å². The van der Waals surface area contributed by atoms with Crippen molar-refractivity contribution in [2.45, 2.75) is 32.1 Å². The Morgan fingerprint density at radius 2 is 1.84 bits per heavy atom. The Morgan fingerprint density at radius 3 is 2.56 bits per heavy atom. The topological polar surface area (TPSA) is 73.6 Å². The average Bonchev–Trinajstić information content (AvgIpc) is 2.66. The zero-order valence-corrected chi connectivity index (χ0v) is 14.0. The summed E-state index contributed by atoms with van der Waals surface area (Å²) in [5.41, 5.74) is 3.24. The molecule has 0 radical (unpaired) electrons. The molecule has 1 aliphatic heterocycles. The van der Waals surface area contributed by atoms with Crippen molar-refractivity contribution in [2.75, 3.05) is 18.5 Å². The lowest BCUT2D eigenvalue weighted by Gasteiger charge is -2.22. The molecule has 1 heterocycles. The summed E-state index contributed by atoms with van der Waals surface area (Å²) in [6.45, 7) is 2.83. The molecule has 0 atom stereocenters. The van der Waals surface area contributed by atoms with Crippen LogP contribution in [0, 0.1) is 10.1 Å². The molecule has 6 nitrogen and oxygen atoms in total. The first-order valence-corrected chi connectivity index (χ1v) is 8.46. The van der Waals surface area contributed by atoms with Gasteiger partial charge in [-0.25, -0.2) is 0 Å².